The van der Waals surface area contributed by atoms with E-state index in [4.69, 9.17) is 0 Å². The van der Waals surface area contributed by atoms with E-state index in [1.54, 1.807) is 0 Å². The lowest BCUT2D eigenvalue weighted by Gasteiger charge is -2.16. The number of rotatable bonds is 1. The molecule has 0 fully saturated rings. The zero-order valence-corrected chi connectivity index (χ0v) is 8.88. The zero-order valence-electron chi connectivity index (χ0n) is 8.88. The number of hydrogen-bond acceptors (Lipinski definition) is 3. The highest BCUT2D eigenvalue weighted by Crippen LogP contribution is 2.30. The molecule has 0 aromatic carbocycles. The molecule has 1 aliphatic heterocycles. The molecule has 7 heteroatoms. The van der Waals surface area contributed by atoms with Crippen molar-refractivity contribution in [1.82, 2.24) is 5.48 Å². The molecule has 2 unspecified atom stereocenters. The fourth-order valence-corrected chi connectivity index (χ4v) is 1.61. The Morgan fingerprint density at radius 1 is 1.47 bits per heavy atom. The molecule has 1 aliphatic carbocycles. The quantitative estimate of drug-likeness (QED) is 0.726. The van der Waals surface area contributed by atoms with Crippen LogP contribution in [-0.4, -0.2) is 18.2 Å². The van der Waals surface area contributed by atoms with Crippen LogP contribution < -0.4 is 5.48 Å². The van der Waals surface area contributed by atoms with Crippen LogP contribution in [0.5, 0.6) is 0 Å². The summed E-state index contributed by atoms with van der Waals surface area (Å²) in [6.07, 6.45) is -2.33. The number of hydrogen-bond donors (Lipinski definition) is 1. The van der Waals surface area contributed by atoms with Crippen molar-refractivity contribution >= 4 is 5.90 Å². The summed E-state index contributed by atoms with van der Waals surface area (Å²) in [5, 5.41) is 0. The van der Waals surface area contributed by atoms with Crippen molar-refractivity contribution in [2.45, 2.75) is 25.7 Å². The summed E-state index contributed by atoms with van der Waals surface area (Å²) in [6.45, 7) is 1.82. The van der Waals surface area contributed by atoms with Crippen LogP contribution in [0.15, 0.2) is 28.5 Å². The minimum atomic E-state index is -4.66. The monoisotopic (exact) mass is 250 g/mol. The lowest BCUT2D eigenvalue weighted by Crippen LogP contribution is -2.28. The van der Waals surface area contributed by atoms with Crippen molar-refractivity contribution in [3.63, 3.8) is 0 Å². The standard InChI is InChI=1S/C10H10F4N2O/c1-5-2-3-6(7(11)4-5)8-15-9(17-16-8)10(12,13)14/h3-5,8,16H,2H2,1H3. The third-order valence-corrected chi connectivity index (χ3v) is 2.47. The highest BCUT2D eigenvalue weighted by molar-refractivity contribution is 5.83. The summed E-state index contributed by atoms with van der Waals surface area (Å²) in [7, 11) is 0. The van der Waals surface area contributed by atoms with Crippen molar-refractivity contribution in [2.24, 2.45) is 10.9 Å². The van der Waals surface area contributed by atoms with Crippen LogP contribution >= 0.6 is 0 Å². The first kappa shape index (κ1) is 12.1. The summed E-state index contributed by atoms with van der Waals surface area (Å²) < 4.78 is 50.2. The van der Waals surface area contributed by atoms with Gasteiger partial charge in [-0.25, -0.2) is 9.38 Å². The molecule has 17 heavy (non-hydrogen) atoms. The van der Waals surface area contributed by atoms with Gasteiger partial charge in [-0.15, -0.1) is 5.48 Å². The van der Waals surface area contributed by atoms with Gasteiger partial charge in [-0.2, -0.15) is 13.2 Å². The van der Waals surface area contributed by atoms with E-state index in [2.05, 4.69) is 15.3 Å². The maximum Gasteiger partial charge on any atom is 0.470 e. The first-order chi connectivity index (χ1) is 7.88. The Hall–Kier alpha value is -1.37. The van der Waals surface area contributed by atoms with Gasteiger partial charge in [0.25, 0.3) is 0 Å². The van der Waals surface area contributed by atoms with Gasteiger partial charge in [0.05, 0.1) is 0 Å². The van der Waals surface area contributed by atoms with E-state index in [0.29, 0.717) is 6.42 Å². The van der Waals surface area contributed by atoms with Gasteiger partial charge >= 0.3 is 12.1 Å². The van der Waals surface area contributed by atoms with E-state index in [1.807, 2.05) is 6.92 Å². The first-order valence-corrected chi connectivity index (χ1v) is 5.03. The molecule has 0 saturated carbocycles. The number of allylic oxidation sites excluding steroid dienone is 2. The molecule has 0 saturated heterocycles. The van der Waals surface area contributed by atoms with Crippen molar-refractivity contribution < 1.29 is 22.4 Å². The molecule has 0 amide bonds. The molecular weight excluding hydrogens is 240 g/mol. The third kappa shape index (κ3) is 2.49. The minimum absolute atomic E-state index is 0.0344. The fourth-order valence-electron chi connectivity index (χ4n) is 1.61. The average molecular weight is 250 g/mol. The highest BCUT2D eigenvalue weighted by Gasteiger charge is 2.43. The number of nitrogens with one attached hydrogen (secondary N) is 1. The third-order valence-electron chi connectivity index (χ3n) is 2.47. The molecular formula is C10H10F4N2O. The Morgan fingerprint density at radius 3 is 2.71 bits per heavy atom. The highest BCUT2D eigenvalue weighted by atomic mass is 19.4. The summed E-state index contributed by atoms with van der Waals surface area (Å²) in [6, 6.07) is 0. The van der Waals surface area contributed by atoms with Gasteiger partial charge in [-0.1, -0.05) is 13.0 Å². The summed E-state index contributed by atoms with van der Waals surface area (Å²) in [4.78, 5) is 7.47. The van der Waals surface area contributed by atoms with Crippen LogP contribution in [0.2, 0.25) is 0 Å². The van der Waals surface area contributed by atoms with Crippen molar-refractivity contribution in [1.29, 1.82) is 0 Å². The van der Waals surface area contributed by atoms with Crippen molar-refractivity contribution in [3.05, 3.63) is 23.6 Å². The van der Waals surface area contributed by atoms with Crippen LogP contribution in [0.1, 0.15) is 13.3 Å². The van der Waals surface area contributed by atoms with Gasteiger partial charge in [0.1, 0.15) is 5.83 Å². The Morgan fingerprint density at radius 2 is 2.18 bits per heavy atom. The number of nitrogens with zero attached hydrogens (tertiary/aromatic N) is 1. The van der Waals surface area contributed by atoms with E-state index in [-0.39, 0.29) is 11.5 Å². The van der Waals surface area contributed by atoms with Gasteiger partial charge in [-0.05, 0) is 18.4 Å². The molecule has 0 bridgehead atoms. The normalized spacial score (nSPS) is 29.4. The van der Waals surface area contributed by atoms with E-state index in [1.165, 1.54) is 12.2 Å². The number of alkyl halides is 3. The smallest absolute Gasteiger partial charge is 0.381 e. The van der Waals surface area contributed by atoms with Crippen LogP contribution in [-0.2, 0) is 4.84 Å². The number of halogens is 4. The van der Waals surface area contributed by atoms with Crippen LogP contribution in [0.4, 0.5) is 17.6 Å². The van der Waals surface area contributed by atoms with Crippen LogP contribution in [0.25, 0.3) is 0 Å². The van der Waals surface area contributed by atoms with Gasteiger partial charge in [0.15, 0.2) is 6.17 Å². The van der Waals surface area contributed by atoms with Crippen LogP contribution in [0, 0.1) is 5.92 Å². The lowest BCUT2D eigenvalue weighted by molar-refractivity contribution is -0.0805. The molecule has 1 N–H and O–H groups in total. The molecule has 3 nitrogen and oxygen atoms in total. The number of aliphatic imine (C=N–C) groups is 1. The Labute approximate surface area is 94.8 Å². The molecule has 0 aromatic rings. The molecule has 2 aliphatic rings. The van der Waals surface area contributed by atoms with Crippen molar-refractivity contribution in [3.8, 4) is 0 Å². The average Bonchev–Trinajstić information content (AvgIpc) is 2.65. The topological polar surface area (TPSA) is 33.6 Å². The zero-order chi connectivity index (χ0) is 12.6. The fraction of sp³-hybridized carbons (Fsp3) is 0.500. The maximum atomic E-state index is 13.5. The molecule has 0 radical (unpaired) electrons. The van der Waals surface area contributed by atoms with E-state index >= 15 is 0 Å². The van der Waals surface area contributed by atoms with E-state index < -0.39 is 24.1 Å². The molecule has 1 heterocycles. The second-order valence-corrected chi connectivity index (χ2v) is 3.94. The predicted octanol–water partition coefficient (Wildman–Crippen LogP) is 2.63. The van der Waals surface area contributed by atoms with Gasteiger partial charge < -0.3 is 4.84 Å². The van der Waals surface area contributed by atoms with Gasteiger partial charge in [-0.3, -0.25) is 0 Å². The number of hydroxylamine groups is 1. The summed E-state index contributed by atoms with van der Waals surface area (Å²) in [5.74, 6) is -1.90. The SMILES string of the molecule is CC1C=C(F)C(C2N=C(C(F)(F)F)ON2)=CC1. The van der Waals surface area contributed by atoms with E-state index in [0.717, 1.165) is 0 Å². The van der Waals surface area contributed by atoms with Gasteiger partial charge in [0.2, 0.25) is 0 Å². The summed E-state index contributed by atoms with van der Waals surface area (Å²) in [5.41, 5.74) is 2.14. The Bertz CT molecular complexity index is 411. The minimum Gasteiger partial charge on any atom is -0.381 e. The Balaban J connectivity index is 2.17. The molecule has 0 aromatic heterocycles. The second-order valence-electron chi connectivity index (χ2n) is 3.94. The molecule has 2 atom stereocenters. The first-order valence-electron chi connectivity index (χ1n) is 5.03. The predicted molar refractivity (Wildman–Crippen MR) is 52.6 cm³/mol. The maximum absolute atomic E-state index is 13.5. The van der Waals surface area contributed by atoms with Gasteiger partial charge in [0, 0.05) is 5.57 Å². The summed E-state index contributed by atoms with van der Waals surface area (Å²) >= 11 is 0. The second kappa shape index (κ2) is 4.14. The molecule has 2 rings (SSSR count). The lowest BCUT2D eigenvalue weighted by atomic mass is 9.96. The van der Waals surface area contributed by atoms with E-state index in [9.17, 15) is 17.6 Å². The molecule has 0 spiro atoms. The largest absolute Gasteiger partial charge is 0.470 e. The Kier molecular flexibility index (Phi) is 2.94. The van der Waals surface area contributed by atoms with Crippen LogP contribution in [0.3, 0.4) is 0 Å². The van der Waals surface area contributed by atoms with Crippen molar-refractivity contribution in [2.75, 3.05) is 0 Å². The molecule has 94 valence electrons.